The molecule has 1 rings (SSSR count). The zero-order chi connectivity index (χ0) is 15.3. The lowest BCUT2D eigenvalue weighted by Gasteiger charge is -2.24. The van der Waals surface area contributed by atoms with Crippen LogP contribution in [-0.2, 0) is 6.42 Å². The lowest BCUT2D eigenvalue weighted by molar-refractivity contribution is 0.337. The molecule has 1 aromatic carbocycles. The molecule has 0 heterocycles. The second-order valence-corrected chi connectivity index (χ2v) is 6.33. The van der Waals surface area contributed by atoms with Crippen LogP contribution in [0, 0.1) is 5.92 Å². The predicted molar refractivity (Wildman–Crippen MR) is 94.8 cm³/mol. The maximum absolute atomic E-state index is 3.78. The van der Waals surface area contributed by atoms with Crippen LogP contribution in [0.3, 0.4) is 0 Å². The molecule has 0 radical (unpaired) electrons. The molecule has 1 N–H and O–H groups in total. The first-order valence-corrected chi connectivity index (χ1v) is 9.07. The number of rotatable bonds is 12. The third-order valence-corrected chi connectivity index (χ3v) is 4.47. The van der Waals surface area contributed by atoms with E-state index in [9.17, 15) is 0 Å². The minimum atomic E-state index is 0.687. The highest BCUT2D eigenvalue weighted by atomic mass is 14.9. The lowest BCUT2D eigenvalue weighted by Crippen LogP contribution is -2.32. The second kappa shape index (κ2) is 11.8. The van der Waals surface area contributed by atoms with Gasteiger partial charge in [-0.15, -0.1) is 0 Å². The van der Waals surface area contributed by atoms with Crippen LogP contribution in [0.1, 0.15) is 71.3 Å². The summed E-state index contributed by atoms with van der Waals surface area (Å²) in [6, 6.07) is 11.6. The van der Waals surface area contributed by atoms with Crippen LogP contribution >= 0.6 is 0 Å². The standard InChI is InChI=1S/C20H35N/c1-4-7-11-18(6-3)17-20(21-16-5-2)15-14-19-12-9-8-10-13-19/h8-10,12-13,18,20-21H,4-7,11,14-17H2,1-3H3. The molecule has 0 aliphatic carbocycles. The molecule has 0 saturated carbocycles. The molecule has 0 fully saturated rings. The summed E-state index contributed by atoms with van der Waals surface area (Å²) in [6.45, 7) is 8.07. The molecule has 0 aromatic heterocycles. The average molecular weight is 290 g/mol. The van der Waals surface area contributed by atoms with Crippen molar-refractivity contribution in [3.63, 3.8) is 0 Å². The van der Waals surface area contributed by atoms with E-state index in [-0.39, 0.29) is 0 Å². The first-order valence-electron chi connectivity index (χ1n) is 9.07. The van der Waals surface area contributed by atoms with E-state index < -0.39 is 0 Å². The molecule has 1 nitrogen and oxygen atoms in total. The fourth-order valence-electron chi connectivity index (χ4n) is 3.02. The van der Waals surface area contributed by atoms with Crippen LogP contribution in [0.5, 0.6) is 0 Å². The summed E-state index contributed by atoms with van der Waals surface area (Å²) in [4.78, 5) is 0. The topological polar surface area (TPSA) is 12.0 Å². The van der Waals surface area contributed by atoms with E-state index in [2.05, 4.69) is 56.4 Å². The molecular weight excluding hydrogens is 254 g/mol. The molecule has 0 aliphatic heterocycles. The smallest absolute Gasteiger partial charge is 0.00728 e. The quantitative estimate of drug-likeness (QED) is 0.528. The summed E-state index contributed by atoms with van der Waals surface area (Å²) in [5, 5.41) is 3.78. The van der Waals surface area contributed by atoms with Crippen molar-refractivity contribution in [1.29, 1.82) is 0 Å². The average Bonchev–Trinajstić information content (AvgIpc) is 2.54. The van der Waals surface area contributed by atoms with Gasteiger partial charge in [0.15, 0.2) is 0 Å². The Kier molecular flexibility index (Phi) is 10.2. The van der Waals surface area contributed by atoms with Gasteiger partial charge in [0.25, 0.3) is 0 Å². The fourth-order valence-corrected chi connectivity index (χ4v) is 3.02. The molecule has 0 saturated heterocycles. The summed E-state index contributed by atoms with van der Waals surface area (Å²) in [7, 11) is 0. The van der Waals surface area contributed by atoms with Gasteiger partial charge in [-0.05, 0) is 43.7 Å². The Labute approximate surface area is 132 Å². The SMILES string of the molecule is CCCCC(CC)CC(CCc1ccccc1)NCCC. The fraction of sp³-hybridized carbons (Fsp3) is 0.700. The van der Waals surface area contributed by atoms with E-state index in [0.717, 1.165) is 12.5 Å². The van der Waals surface area contributed by atoms with E-state index in [0.29, 0.717) is 6.04 Å². The lowest BCUT2D eigenvalue weighted by atomic mass is 9.89. The van der Waals surface area contributed by atoms with Gasteiger partial charge in [-0.3, -0.25) is 0 Å². The van der Waals surface area contributed by atoms with Gasteiger partial charge in [-0.2, -0.15) is 0 Å². The molecule has 2 unspecified atom stereocenters. The summed E-state index contributed by atoms with van der Waals surface area (Å²) in [6.07, 6.45) is 10.5. The zero-order valence-corrected chi connectivity index (χ0v) is 14.4. The van der Waals surface area contributed by atoms with Gasteiger partial charge < -0.3 is 5.32 Å². The summed E-state index contributed by atoms with van der Waals surface area (Å²) < 4.78 is 0. The summed E-state index contributed by atoms with van der Waals surface area (Å²) in [5.74, 6) is 0.898. The molecule has 0 bridgehead atoms. The number of aryl methyl sites for hydroxylation is 1. The number of hydrogen-bond acceptors (Lipinski definition) is 1. The van der Waals surface area contributed by atoms with Gasteiger partial charge in [-0.1, -0.05) is 76.8 Å². The molecule has 21 heavy (non-hydrogen) atoms. The maximum atomic E-state index is 3.78. The van der Waals surface area contributed by atoms with Crippen molar-refractivity contribution < 1.29 is 0 Å². The van der Waals surface area contributed by atoms with Crippen molar-refractivity contribution in [3.05, 3.63) is 35.9 Å². The predicted octanol–water partition coefficient (Wildman–Crippen LogP) is 5.59. The molecule has 1 heteroatoms. The summed E-state index contributed by atoms with van der Waals surface area (Å²) >= 11 is 0. The normalized spacial score (nSPS) is 14.0. The van der Waals surface area contributed by atoms with Crippen molar-refractivity contribution in [3.8, 4) is 0 Å². The van der Waals surface area contributed by atoms with E-state index in [1.807, 2.05) is 0 Å². The number of hydrogen-bond donors (Lipinski definition) is 1. The van der Waals surface area contributed by atoms with Crippen LogP contribution in [0.4, 0.5) is 0 Å². The second-order valence-electron chi connectivity index (χ2n) is 6.33. The van der Waals surface area contributed by atoms with Gasteiger partial charge in [0.2, 0.25) is 0 Å². The highest BCUT2D eigenvalue weighted by Gasteiger charge is 2.14. The Balaban J connectivity index is 2.45. The van der Waals surface area contributed by atoms with Crippen molar-refractivity contribution in [2.75, 3.05) is 6.54 Å². The zero-order valence-electron chi connectivity index (χ0n) is 14.4. The number of nitrogens with one attached hydrogen (secondary N) is 1. The van der Waals surface area contributed by atoms with Gasteiger partial charge in [-0.25, -0.2) is 0 Å². The van der Waals surface area contributed by atoms with E-state index in [1.165, 1.54) is 56.9 Å². The highest BCUT2D eigenvalue weighted by molar-refractivity contribution is 5.14. The molecule has 120 valence electrons. The molecule has 2 atom stereocenters. The molecule has 0 amide bonds. The Morgan fingerprint density at radius 1 is 0.952 bits per heavy atom. The number of unbranched alkanes of at least 4 members (excludes halogenated alkanes) is 1. The summed E-state index contributed by atoms with van der Waals surface area (Å²) in [5.41, 5.74) is 1.47. The van der Waals surface area contributed by atoms with Gasteiger partial charge >= 0.3 is 0 Å². The molecular formula is C20H35N. The Hall–Kier alpha value is -0.820. The van der Waals surface area contributed by atoms with E-state index in [1.54, 1.807) is 0 Å². The first kappa shape index (κ1) is 18.2. The van der Waals surface area contributed by atoms with Crippen LogP contribution in [0.2, 0.25) is 0 Å². The van der Waals surface area contributed by atoms with Crippen LogP contribution < -0.4 is 5.32 Å². The Bertz CT molecular complexity index is 333. The molecule has 0 aliphatic rings. The monoisotopic (exact) mass is 289 g/mol. The number of benzene rings is 1. The minimum absolute atomic E-state index is 0.687. The van der Waals surface area contributed by atoms with Gasteiger partial charge in [0.05, 0.1) is 0 Å². The van der Waals surface area contributed by atoms with Crippen molar-refractivity contribution in [1.82, 2.24) is 5.32 Å². The molecule has 1 aromatic rings. The third-order valence-electron chi connectivity index (χ3n) is 4.47. The van der Waals surface area contributed by atoms with Crippen molar-refractivity contribution in [2.24, 2.45) is 5.92 Å². The molecule has 0 spiro atoms. The third kappa shape index (κ3) is 8.26. The Morgan fingerprint density at radius 3 is 2.33 bits per heavy atom. The van der Waals surface area contributed by atoms with Gasteiger partial charge in [0.1, 0.15) is 0 Å². The van der Waals surface area contributed by atoms with Crippen LogP contribution in [0.25, 0.3) is 0 Å². The minimum Gasteiger partial charge on any atom is -0.314 e. The van der Waals surface area contributed by atoms with Crippen LogP contribution in [-0.4, -0.2) is 12.6 Å². The largest absolute Gasteiger partial charge is 0.314 e. The highest BCUT2D eigenvalue weighted by Crippen LogP contribution is 2.21. The van der Waals surface area contributed by atoms with Crippen molar-refractivity contribution in [2.45, 2.75) is 78.2 Å². The van der Waals surface area contributed by atoms with Crippen LogP contribution in [0.15, 0.2) is 30.3 Å². The van der Waals surface area contributed by atoms with Gasteiger partial charge in [0, 0.05) is 6.04 Å². The maximum Gasteiger partial charge on any atom is 0.00728 e. The van der Waals surface area contributed by atoms with E-state index >= 15 is 0 Å². The Morgan fingerprint density at radius 2 is 1.71 bits per heavy atom. The van der Waals surface area contributed by atoms with Crippen molar-refractivity contribution >= 4 is 0 Å². The van der Waals surface area contributed by atoms with E-state index in [4.69, 9.17) is 0 Å². The first-order chi connectivity index (χ1) is 10.3.